The van der Waals surface area contributed by atoms with Gasteiger partial charge in [0.05, 0.1) is 21.7 Å². The molecule has 0 atom stereocenters. The minimum absolute atomic E-state index is 0.0126. The number of benzene rings is 1. The first-order chi connectivity index (χ1) is 9.10. The van der Waals surface area contributed by atoms with E-state index in [4.69, 9.17) is 16.3 Å². The Kier molecular flexibility index (Phi) is 4.61. The fourth-order valence-electron chi connectivity index (χ4n) is 2.40. The third-order valence-corrected chi connectivity index (χ3v) is 3.84. The van der Waals surface area contributed by atoms with Crippen LogP contribution in [0.15, 0.2) is 18.2 Å². The summed E-state index contributed by atoms with van der Waals surface area (Å²) in [7, 11) is 1.74. The Morgan fingerprint density at radius 2 is 2.05 bits per heavy atom. The number of anilines is 1. The molecule has 2 rings (SSSR count). The van der Waals surface area contributed by atoms with Crippen LogP contribution in [0.3, 0.4) is 0 Å². The van der Waals surface area contributed by atoms with E-state index in [0.717, 1.165) is 31.4 Å². The normalized spacial score (nSPS) is 23.1. The summed E-state index contributed by atoms with van der Waals surface area (Å²) in [6, 6.07) is 4.87. The molecule has 0 aromatic heterocycles. The smallest absolute Gasteiger partial charge is 0.271 e. The maximum atomic E-state index is 10.6. The molecule has 0 bridgehead atoms. The molecule has 0 aliphatic heterocycles. The average Bonchev–Trinajstić information content (AvgIpc) is 2.41. The van der Waals surface area contributed by atoms with Crippen LogP contribution >= 0.6 is 11.6 Å². The highest BCUT2D eigenvalue weighted by molar-refractivity contribution is 6.33. The van der Waals surface area contributed by atoms with Gasteiger partial charge in [-0.25, -0.2) is 0 Å². The summed E-state index contributed by atoms with van der Waals surface area (Å²) in [6.45, 7) is 0. The van der Waals surface area contributed by atoms with E-state index in [-0.39, 0.29) is 5.69 Å². The van der Waals surface area contributed by atoms with Crippen molar-refractivity contribution in [3.05, 3.63) is 33.3 Å². The van der Waals surface area contributed by atoms with Crippen LogP contribution in [-0.2, 0) is 4.74 Å². The number of rotatable bonds is 4. The zero-order chi connectivity index (χ0) is 13.8. The second kappa shape index (κ2) is 6.21. The number of nitrogens with zero attached hydrogens (tertiary/aromatic N) is 1. The molecule has 1 N–H and O–H groups in total. The van der Waals surface area contributed by atoms with Crippen molar-refractivity contribution in [1.29, 1.82) is 0 Å². The Balaban J connectivity index is 1.98. The van der Waals surface area contributed by atoms with Crippen LogP contribution in [0.2, 0.25) is 5.02 Å². The Labute approximate surface area is 117 Å². The molecule has 1 fully saturated rings. The van der Waals surface area contributed by atoms with E-state index in [9.17, 15) is 10.1 Å². The highest BCUT2D eigenvalue weighted by atomic mass is 35.5. The van der Waals surface area contributed by atoms with Gasteiger partial charge in [0, 0.05) is 25.3 Å². The molecular weight excluding hydrogens is 268 g/mol. The Morgan fingerprint density at radius 3 is 2.58 bits per heavy atom. The predicted octanol–water partition coefficient (Wildman–Crippen LogP) is 3.62. The number of ether oxygens (including phenoxy) is 1. The van der Waals surface area contributed by atoms with Crippen molar-refractivity contribution in [3.8, 4) is 0 Å². The minimum atomic E-state index is -0.445. The molecule has 104 valence electrons. The fraction of sp³-hybridized carbons (Fsp3) is 0.538. The third-order valence-electron chi connectivity index (χ3n) is 3.53. The first-order valence-corrected chi connectivity index (χ1v) is 6.71. The lowest BCUT2D eigenvalue weighted by molar-refractivity contribution is -0.384. The molecule has 0 unspecified atom stereocenters. The van der Waals surface area contributed by atoms with Gasteiger partial charge in [-0.2, -0.15) is 0 Å². The number of nitrogens with one attached hydrogen (secondary N) is 1. The lowest BCUT2D eigenvalue weighted by Crippen LogP contribution is -2.29. The molecule has 1 aliphatic carbocycles. The SMILES string of the molecule is COC1CCC(Nc2ccc([N+](=O)[O-])cc2Cl)CC1. The van der Waals surface area contributed by atoms with Crippen LogP contribution in [0.1, 0.15) is 25.7 Å². The van der Waals surface area contributed by atoms with Crippen molar-refractivity contribution in [2.75, 3.05) is 12.4 Å². The number of methoxy groups -OCH3 is 1. The number of halogens is 1. The van der Waals surface area contributed by atoms with E-state index < -0.39 is 4.92 Å². The zero-order valence-corrected chi connectivity index (χ0v) is 11.5. The van der Waals surface area contributed by atoms with Gasteiger partial charge in [-0.3, -0.25) is 10.1 Å². The summed E-state index contributed by atoms with van der Waals surface area (Å²) in [6.07, 6.45) is 4.44. The van der Waals surface area contributed by atoms with Crippen LogP contribution in [0, 0.1) is 10.1 Å². The average molecular weight is 285 g/mol. The molecule has 19 heavy (non-hydrogen) atoms. The maximum Gasteiger partial charge on any atom is 0.271 e. The summed E-state index contributed by atoms with van der Waals surface area (Å²) in [5.74, 6) is 0. The van der Waals surface area contributed by atoms with Gasteiger partial charge in [0.1, 0.15) is 0 Å². The Hall–Kier alpha value is -1.33. The number of nitro groups is 1. The summed E-state index contributed by atoms with van der Waals surface area (Å²) in [4.78, 5) is 10.2. The fourth-order valence-corrected chi connectivity index (χ4v) is 2.63. The van der Waals surface area contributed by atoms with Crippen molar-refractivity contribution in [2.24, 2.45) is 0 Å². The molecule has 0 radical (unpaired) electrons. The van der Waals surface area contributed by atoms with Crippen molar-refractivity contribution in [2.45, 2.75) is 37.8 Å². The van der Waals surface area contributed by atoms with Gasteiger partial charge in [0.15, 0.2) is 0 Å². The second-order valence-corrected chi connectivity index (χ2v) is 5.18. The molecule has 1 aromatic rings. The predicted molar refractivity (Wildman–Crippen MR) is 74.8 cm³/mol. The van der Waals surface area contributed by atoms with Gasteiger partial charge in [-0.1, -0.05) is 11.6 Å². The molecule has 0 heterocycles. The van der Waals surface area contributed by atoms with E-state index >= 15 is 0 Å². The van der Waals surface area contributed by atoms with E-state index in [1.807, 2.05) is 0 Å². The summed E-state index contributed by atoms with van der Waals surface area (Å²) in [5, 5.41) is 14.4. The summed E-state index contributed by atoms with van der Waals surface area (Å²) < 4.78 is 5.33. The molecular formula is C13H17ClN2O3. The van der Waals surface area contributed by atoms with E-state index in [2.05, 4.69) is 5.32 Å². The van der Waals surface area contributed by atoms with Gasteiger partial charge in [-0.15, -0.1) is 0 Å². The van der Waals surface area contributed by atoms with E-state index in [1.54, 1.807) is 13.2 Å². The number of hydrogen-bond donors (Lipinski definition) is 1. The van der Waals surface area contributed by atoms with E-state index in [0.29, 0.717) is 17.2 Å². The lowest BCUT2D eigenvalue weighted by atomic mass is 9.93. The molecule has 0 saturated heterocycles. The van der Waals surface area contributed by atoms with Gasteiger partial charge < -0.3 is 10.1 Å². The zero-order valence-electron chi connectivity index (χ0n) is 10.8. The molecule has 6 heteroatoms. The number of non-ortho nitro benzene ring substituents is 1. The second-order valence-electron chi connectivity index (χ2n) is 4.77. The first-order valence-electron chi connectivity index (χ1n) is 6.33. The maximum absolute atomic E-state index is 10.6. The minimum Gasteiger partial charge on any atom is -0.381 e. The molecule has 0 spiro atoms. The van der Waals surface area contributed by atoms with Gasteiger partial charge in [0.25, 0.3) is 5.69 Å². The van der Waals surface area contributed by atoms with Crippen LogP contribution < -0.4 is 5.32 Å². The molecule has 0 amide bonds. The Morgan fingerprint density at radius 1 is 1.37 bits per heavy atom. The molecule has 1 saturated carbocycles. The molecule has 1 aliphatic rings. The monoisotopic (exact) mass is 284 g/mol. The summed E-state index contributed by atoms with van der Waals surface area (Å²) in [5.41, 5.74) is 0.770. The highest BCUT2D eigenvalue weighted by Crippen LogP contribution is 2.30. The van der Waals surface area contributed by atoms with Crippen molar-refractivity contribution in [1.82, 2.24) is 0 Å². The number of nitro benzene ring substituents is 1. The van der Waals surface area contributed by atoms with Crippen LogP contribution in [-0.4, -0.2) is 24.2 Å². The van der Waals surface area contributed by atoms with Crippen LogP contribution in [0.25, 0.3) is 0 Å². The topological polar surface area (TPSA) is 64.4 Å². The Bertz CT molecular complexity index is 459. The van der Waals surface area contributed by atoms with Crippen LogP contribution in [0.5, 0.6) is 0 Å². The molecule has 5 nitrogen and oxygen atoms in total. The van der Waals surface area contributed by atoms with Crippen molar-refractivity contribution in [3.63, 3.8) is 0 Å². The van der Waals surface area contributed by atoms with Gasteiger partial charge in [-0.05, 0) is 31.7 Å². The first kappa shape index (κ1) is 14.1. The highest BCUT2D eigenvalue weighted by Gasteiger charge is 2.21. The quantitative estimate of drug-likeness (QED) is 0.677. The van der Waals surface area contributed by atoms with Gasteiger partial charge >= 0.3 is 0 Å². The standard InChI is InChI=1S/C13H17ClN2O3/c1-19-11-5-2-9(3-6-11)15-13-7-4-10(16(17)18)8-12(13)14/h4,7-9,11,15H,2-3,5-6H2,1H3. The van der Waals surface area contributed by atoms with Crippen molar-refractivity contribution < 1.29 is 9.66 Å². The largest absolute Gasteiger partial charge is 0.381 e. The molecule has 1 aromatic carbocycles. The third kappa shape index (κ3) is 3.58. The van der Waals surface area contributed by atoms with E-state index in [1.165, 1.54) is 12.1 Å². The van der Waals surface area contributed by atoms with Gasteiger partial charge in [0.2, 0.25) is 0 Å². The van der Waals surface area contributed by atoms with Crippen LogP contribution in [0.4, 0.5) is 11.4 Å². The lowest BCUT2D eigenvalue weighted by Gasteiger charge is -2.29. The number of hydrogen-bond acceptors (Lipinski definition) is 4. The van der Waals surface area contributed by atoms with Crippen molar-refractivity contribution >= 4 is 23.0 Å². The summed E-state index contributed by atoms with van der Waals surface area (Å²) >= 11 is 6.06.